The molecule has 57 heavy (non-hydrogen) atoms. The second-order valence-electron chi connectivity index (χ2n) is 15.2. The van der Waals surface area contributed by atoms with Crippen LogP contribution in [0, 0.1) is 0 Å². The molecule has 3 amide bonds. The second-order valence-corrected chi connectivity index (χ2v) is 16.0. The van der Waals surface area contributed by atoms with E-state index < -0.39 is 5.54 Å². The van der Waals surface area contributed by atoms with Gasteiger partial charge < -0.3 is 39.0 Å². The molecule has 3 fully saturated rings. The maximum absolute atomic E-state index is 14.1. The van der Waals surface area contributed by atoms with Gasteiger partial charge >= 0.3 is 12.0 Å². The summed E-state index contributed by atoms with van der Waals surface area (Å²) < 4.78 is 21.7. The van der Waals surface area contributed by atoms with Gasteiger partial charge in [-0.15, -0.1) is 0 Å². The number of halogens is 2. The average molecular weight is 825 g/mol. The SMILES string of the molecule is CCOC(=O)CCN1CCN(C(=O)NC2(c3ccccc3)CCN(CC[C@]3(c4ccc(Cl)c(Cl)c4)CCN(C(=O)c4cc(OC)c(OC)c(OC)c4)C3)CC2)CC1. The molecule has 6 rings (SSSR count). The molecule has 0 bridgehead atoms. The molecule has 3 aromatic rings. The largest absolute Gasteiger partial charge is 0.493 e. The van der Waals surface area contributed by atoms with Crippen LogP contribution in [-0.4, -0.2) is 131 Å². The van der Waals surface area contributed by atoms with E-state index in [1.807, 2.05) is 53.1 Å². The summed E-state index contributed by atoms with van der Waals surface area (Å²) in [6, 6.07) is 19.5. The lowest BCUT2D eigenvalue weighted by Gasteiger charge is -2.45. The summed E-state index contributed by atoms with van der Waals surface area (Å²) in [5, 5.41) is 4.47. The van der Waals surface area contributed by atoms with Crippen LogP contribution in [0.25, 0.3) is 0 Å². The monoisotopic (exact) mass is 823 g/mol. The molecule has 3 heterocycles. The van der Waals surface area contributed by atoms with Crippen molar-refractivity contribution in [2.75, 3.05) is 93.4 Å². The Morgan fingerprint density at radius 1 is 0.719 bits per heavy atom. The molecule has 308 valence electrons. The maximum Gasteiger partial charge on any atom is 0.318 e. The number of esters is 1. The number of hydrogen-bond donors (Lipinski definition) is 1. The quantitative estimate of drug-likeness (QED) is 0.183. The summed E-state index contributed by atoms with van der Waals surface area (Å²) in [6.45, 7) is 8.92. The smallest absolute Gasteiger partial charge is 0.318 e. The Hall–Kier alpha value is -4.23. The van der Waals surface area contributed by atoms with Crippen LogP contribution in [0.4, 0.5) is 4.79 Å². The van der Waals surface area contributed by atoms with Crippen molar-refractivity contribution >= 4 is 41.1 Å². The highest BCUT2D eigenvalue weighted by atomic mass is 35.5. The van der Waals surface area contributed by atoms with Crippen molar-refractivity contribution < 1.29 is 33.3 Å². The number of carbonyl (C=O) groups excluding carboxylic acids is 3. The molecule has 3 saturated heterocycles. The van der Waals surface area contributed by atoms with Crippen molar-refractivity contribution in [3.8, 4) is 17.2 Å². The van der Waals surface area contributed by atoms with Crippen LogP contribution in [0.5, 0.6) is 17.2 Å². The van der Waals surface area contributed by atoms with E-state index in [2.05, 4.69) is 27.2 Å². The number of urea groups is 1. The van der Waals surface area contributed by atoms with Crippen molar-refractivity contribution in [3.63, 3.8) is 0 Å². The van der Waals surface area contributed by atoms with Gasteiger partial charge in [-0.1, -0.05) is 59.6 Å². The third kappa shape index (κ3) is 9.74. The number of hydrogen-bond acceptors (Lipinski definition) is 9. The normalized spacial score (nSPS) is 19.9. The van der Waals surface area contributed by atoms with E-state index in [1.165, 1.54) is 21.3 Å². The Labute approximate surface area is 346 Å². The molecule has 1 N–H and O–H groups in total. The van der Waals surface area contributed by atoms with Gasteiger partial charge in [0.1, 0.15) is 0 Å². The average Bonchev–Trinajstić information content (AvgIpc) is 3.69. The Balaban J connectivity index is 1.13. The molecule has 0 spiro atoms. The first-order valence-corrected chi connectivity index (χ1v) is 20.6. The number of likely N-dealkylation sites (tertiary alicyclic amines) is 2. The lowest BCUT2D eigenvalue weighted by molar-refractivity contribution is -0.143. The second kappa shape index (κ2) is 19.0. The van der Waals surface area contributed by atoms with E-state index in [9.17, 15) is 14.4 Å². The number of nitrogens with zero attached hydrogens (tertiary/aromatic N) is 4. The van der Waals surface area contributed by atoms with Crippen LogP contribution in [0.1, 0.15) is 60.5 Å². The highest BCUT2D eigenvalue weighted by Crippen LogP contribution is 2.43. The van der Waals surface area contributed by atoms with Crippen molar-refractivity contribution in [1.29, 1.82) is 0 Å². The van der Waals surface area contributed by atoms with Crippen molar-refractivity contribution in [2.45, 2.75) is 50.0 Å². The number of nitrogens with one attached hydrogen (secondary N) is 1. The molecular formula is C43H55Cl2N5O7. The van der Waals surface area contributed by atoms with Gasteiger partial charge in [0, 0.05) is 69.9 Å². The Morgan fingerprint density at radius 3 is 2.00 bits per heavy atom. The van der Waals surface area contributed by atoms with Crippen LogP contribution >= 0.6 is 23.2 Å². The minimum atomic E-state index is -0.506. The third-order valence-electron chi connectivity index (χ3n) is 12.0. The molecular weight excluding hydrogens is 769 g/mol. The Bertz CT molecular complexity index is 1840. The summed E-state index contributed by atoms with van der Waals surface area (Å²) >= 11 is 13.0. The van der Waals surface area contributed by atoms with Gasteiger partial charge in [0.05, 0.1) is 49.9 Å². The molecule has 0 aliphatic carbocycles. The molecule has 3 aliphatic heterocycles. The topological polar surface area (TPSA) is 113 Å². The van der Waals surface area contributed by atoms with Gasteiger partial charge in [-0.25, -0.2) is 4.79 Å². The molecule has 0 saturated carbocycles. The van der Waals surface area contributed by atoms with E-state index in [-0.39, 0.29) is 23.3 Å². The standard InChI is InChI=1S/C43H55Cl2N5O7/c1-5-57-38(51)13-18-47-23-25-49(26-24-47)41(53)46-43(32-9-7-6-8-10-32)16-20-48(21-17-43)19-14-42(33-11-12-34(44)35(45)29-33)15-22-50(30-42)40(52)31-27-36(54-2)39(56-4)37(28-31)55-3/h6-12,27-29H,5,13-26,30H2,1-4H3,(H,46,53)/t42-/m0/s1. The summed E-state index contributed by atoms with van der Waals surface area (Å²) in [7, 11) is 4.61. The zero-order chi connectivity index (χ0) is 40.6. The van der Waals surface area contributed by atoms with Gasteiger partial charge in [-0.3, -0.25) is 14.5 Å². The minimum absolute atomic E-state index is 0.0567. The molecule has 1 atom stereocenters. The van der Waals surface area contributed by atoms with Crippen LogP contribution < -0.4 is 19.5 Å². The molecule has 3 aromatic carbocycles. The van der Waals surface area contributed by atoms with E-state index in [1.54, 1.807) is 12.1 Å². The predicted octanol–water partition coefficient (Wildman–Crippen LogP) is 6.46. The number of benzene rings is 3. The molecule has 0 unspecified atom stereocenters. The van der Waals surface area contributed by atoms with E-state index in [0.29, 0.717) is 91.7 Å². The number of ether oxygens (including phenoxy) is 4. The molecule has 0 radical (unpaired) electrons. The van der Waals surface area contributed by atoms with Gasteiger partial charge in [0.25, 0.3) is 5.91 Å². The maximum atomic E-state index is 14.1. The zero-order valence-corrected chi connectivity index (χ0v) is 35.0. The van der Waals surface area contributed by atoms with Gasteiger partial charge in [-0.05, 0) is 74.5 Å². The summed E-state index contributed by atoms with van der Waals surface area (Å²) in [4.78, 5) is 48.3. The van der Waals surface area contributed by atoms with E-state index in [4.69, 9.17) is 42.1 Å². The van der Waals surface area contributed by atoms with Crippen LogP contribution in [-0.2, 0) is 20.5 Å². The summed E-state index contributed by atoms with van der Waals surface area (Å²) in [5.74, 6) is 0.978. The molecule has 3 aliphatic rings. The van der Waals surface area contributed by atoms with Crippen LogP contribution in [0.3, 0.4) is 0 Å². The predicted molar refractivity (Wildman–Crippen MR) is 221 cm³/mol. The number of piperidine rings is 1. The van der Waals surface area contributed by atoms with Crippen LogP contribution in [0.15, 0.2) is 60.7 Å². The first kappa shape index (κ1) is 42.4. The van der Waals surface area contributed by atoms with E-state index in [0.717, 1.165) is 56.4 Å². The van der Waals surface area contributed by atoms with Crippen LogP contribution in [0.2, 0.25) is 10.0 Å². The number of amides is 3. The number of rotatable bonds is 14. The third-order valence-corrected chi connectivity index (χ3v) is 12.7. The minimum Gasteiger partial charge on any atom is -0.493 e. The van der Waals surface area contributed by atoms with Crippen molar-refractivity contribution in [3.05, 3.63) is 87.4 Å². The lowest BCUT2D eigenvalue weighted by atomic mass is 9.76. The number of piperazine rings is 1. The Kier molecular flexibility index (Phi) is 14.1. The van der Waals surface area contributed by atoms with Crippen molar-refractivity contribution in [1.82, 2.24) is 24.9 Å². The molecule has 12 nitrogen and oxygen atoms in total. The molecule has 0 aromatic heterocycles. The molecule has 14 heteroatoms. The fourth-order valence-corrected chi connectivity index (χ4v) is 8.86. The lowest BCUT2D eigenvalue weighted by Crippen LogP contribution is -2.59. The number of carbonyl (C=O) groups is 3. The van der Waals surface area contributed by atoms with Gasteiger partial charge in [-0.2, -0.15) is 0 Å². The fraction of sp³-hybridized carbons (Fsp3) is 0.512. The zero-order valence-electron chi connectivity index (χ0n) is 33.5. The van der Waals surface area contributed by atoms with Gasteiger partial charge in [0.15, 0.2) is 11.5 Å². The highest BCUT2D eigenvalue weighted by Gasteiger charge is 2.44. The van der Waals surface area contributed by atoms with E-state index >= 15 is 0 Å². The Morgan fingerprint density at radius 2 is 1.39 bits per heavy atom. The summed E-state index contributed by atoms with van der Waals surface area (Å²) in [5.41, 5.74) is 1.76. The first-order chi connectivity index (χ1) is 27.5. The highest BCUT2D eigenvalue weighted by molar-refractivity contribution is 6.42. The van der Waals surface area contributed by atoms with Crippen molar-refractivity contribution in [2.24, 2.45) is 0 Å². The summed E-state index contributed by atoms with van der Waals surface area (Å²) in [6.07, 6.45) is 3.43. The number of methoxy groups -OCH3 is 3. The van der Waals surface area contributed by atoms with Gasteiger partial charge in [0.2, 0.25) is 5.75 Å². The fourth-order valence-electron chi connectivity index (χ4n) is 8.56. The first-order valence-electron chi connectivity index (χ1n) is 19.8.